The van der Waals surface area contributed by atoms with E-state index < -0.39 is 0 Å². The molecule has 0 atom stereocenters. The quantitative estimate of drug-likeness (QED) is 0.922. The van der Waals surface area contributed by atoms with Crippen LogP contribution in [0, 0.1) is 12.3 Å². The molecule has 1 amide bonds. The van der Waals surface area contributed by atoms with Crippen LogP contribution in [0.4, 0.5) is 5.82 Å². The number of hydrogen-bond acceptors (Lipinski definition) is 4. The molecule has 0 bridgehead atoms. The van der Waals surface area contributed by atoms with Crippen LogP contribution < -0.4 is 5.32 Å². The third-order valence-electron chi connectivity index (χ3n) is 3.89. The van der Waals surface area contributed by atoms with Crippen molar-refractivity contribution in [2.45, 2.75) is 33.6 Å². The zero-order valence-electron chi connectivity index (χ0n) is 12.9. The normalized spacial score (nSPS) is 16.2. The van der Waals surface area contributed by atoms with Gasteiger partial charge in [0.25, 0.3) is 5.91 Å². The van der Waals surface area contributed by atoms with E-state index in [9.17, 15) is 9.59 Å². The van der Waals surface area contributed by atoms with E-state index in [1.165, 1.54) is 0 Å². The molecule has 0 unspecified atom stereocenters. The van der Waals surface area contributed by atoms with E-state index in [2.05, 4.69) is 10.3 Å². The van der Waals surface area contributed by atoms with Crippen molar-refractivity contribution in [1.82, 2.24) is 4.98 Å². The van der Waals surface area contributed by atoms with Crippen molar-refractivity contribution in [3.8, 4) is 0 Å². The topological polar surface area (TPSA) is 72.2 Å². The van der Waals surface area contributed by atoms with E-state index in [-0.39, 0.29) is 22.9 Å². The number of Topliss-reactive ketones (excluding diaryl/α,β-unsaturated/α-hetero) is 1. The van der Waals surface area contributed by atoms with Crippen molar-refractivity contribution in [3.05, 3.63) is 47.0 Å². The summed E-state index contributed by atoms with van der Waals surface area (Å²) >= 11 is 0. The van der Waals surface area contributed by atoms with Crippen molar-refractivity contribution in [1.29, 1.82) is 0 Å². The summed E-state index contributed by atoms with van der Waals surface area (Å²) in [4.78, 5) is 28.7. The van der Waals surface area contributed by atoms with Crippen LogP contribution in [0.1, 0.15) is 52.5 Å². The molecule has 3 rings (SSSR count). The van der Waals surface area contributed by atoms with E-state index in [1.807, 2.05) is 13.8 Å². The Hall–Kier alpha value is -2.43. The Morgan fingerprint density at radius 1 is 1.32 bits per heavy atom. The zero-order chi connectivity index (χ0) is 15.9. The molecule has 0 radical (unpaired) electrons. The lowest BCUT2D eigenvalue weighted by Gasteiger charge is -2.27. The first-order chi connectivity index (χ1) is 10.4. The molecule has 0 spiro atoms. The van der Waals surface area contributed by atoms with E-state index in [1.54, 1.807) is 31.3 Å². The number of fused-ring (bicyclic) bond motifs is 1. The third-order valence-corrected chi connectivity index (χ3v) is 3.89. The van der Waals surface area contributed by atoms with Gasteiger partial charge in [-0.2, -0.15) is 0 Å². The molecule has 0 saturated heterocycles. The van der Waals surface area contributed by atoms with E-state index in [0.29, 0.717) is 35.5 Å². The molecule has 1 N–H and O–H groups in total. The van der Waals surface area contributed by atoms with Crippen molar-refractivity contribution >= 4 is 17.5 Å². The van der Waals surface area contributed by atoms with Crippen molar-refractivity contribution in [2.75, 3.05) is 5.32 Å². The van der Waals surface area contributed by atoms with Crippen LogP contribution in [0.2, 0.25) is 0 Å². The number of nitrogens with zero attached hydrogens (tertiary/aromatic N) is 1. The fraction of sp³-hybridized carbons (Fsp3) is 0.353. The van der Waals surface area contributed by atoms with Gasteiger partial charge in [0.05, 0.1) is 5.56 Å². The molecular formula is C17H18N2O3. The average molecular weight is 298 g/mol. The fourth-order valence-corrected chi connectivity index (χ4v) is 2.91. The number of carbonyl (C=O) groups is 2. The molecule has 2 aromatic rings. The molecule has 114 valence electrons. The van der Waals surface area contributed by atoms with Crippen molar-refractivity contribution in [3.63, 3.8) is 0 Å². The predicted molar refractivity (Wildman–Crippen MR) is 82.1 cm³/mol. The summed E-state index contributed by atoms with van der Waals surface area (Å²) in [6.45, 7) is 5.81. The Kier molecular flexibility index (Phi) is 3.35. The highest BCUT2D eigenvalue weighted by Gasteiger charge is 2.37. The standard InChI is InChI=1S/C17H18N2O3/c1-10-14-11(20)8-17(2,3)9-12(14)22-15(10)16(21)19-13-6-4-5-7-18-13/h4-7H,8-9H2,1-3H3,(H,18,19,21). The van der Waals surface area contributed by atoms with Crippen molar-refractivity contribution < 1.29 is 14.0 Å². The second-order valence-electron chi connectivity index (χ2n) is 6.46. The van der Waals surface area contributed by atoms with Gasteiger partial charge in [-0.3, -0.25) is 9.59 Å². The summed E-state index contributed by atoms with van der Waals surface area (Å²) in [5, 5.41) is 2.69. The lowest BCUT2D eigenvalue weighted by atomic mass is 9.76. The largest absolute Gasteiger partial charge is 0.455 e. The molecular weight excluding hydrogens is 280 g/mol. The summed E-state index contributed by atoms with van der Waals surface area (Å²) in [5.41, 5.74) is 1.05. The van der Waals surface area contributed by atoms with Crippen molar-refractivity contribution in [2.24, 2.45) is 5.41 Å². The third kappa shape index (κ3) is 2.54. The molecule has 5 heteroatoms. The lowest BCUT2D eigenvalue weighted by Crippen LogP contribution is -2.26. The SMILES string of the molecule is Cc1c(C(=O)Nc2ccccn2)oc2c1C(=O)CC(C)(C)C2. The smallest absolute Gasteiger partial charge is 0.292 e. The zero-order valence-corrected chi connectivity index (χ0v) is 12.9. The molecule has 0 aliphatic heterocycles. The van der Waals surface area contributed by atoms with Gasteiger partial charge in [-0.1, -0.05) is 19.9 Å². The second-order valence-corrected chi connectivity index (χ2v) is 6.46. The van der Waals surface area contributed by atoms with E-state index in [4.69, 9.17) is 4.42 Å². The van der Waals surface area contributed by atoms with Crippen LogP contribution in [-0.2, 0) is 6.42 Å². The lowest BCUT2D eigenvalue weighted by molar-refractivity contribution is 0.0898. The number of anilines is 1. The minimum Gasteiger partial charge on any atom is -0.455 e. The fourth-order valence-electron chi connectivity index (χ4n) is 2.91. The Balaban J connectivity index is 1.93. The van der Waals surface area contributed by atoms with Crippen LogP contribution in [0.3, 0.4) is 0 Å². The number of pyridine rings is 1. The Morgan fingerprint density at radius 3 is 2.77 bits per heavy atom. The minimum absolute atomic E-state index is 0.0457. The molecule has 22 heavy (non-hydrogen) atoms. The number of amides is 1. The molecule has 0 saturated carbocycles. The maximum absolute atomic E-state index is 12.4. The maximum atomic E-state index is 12.4. The summed E-state index contributed by atoms with van der Waals surface area (Å²) in [5.74, 6) is 0.931. The first-order valence-electron chi connectivity index (χ1n) is 7.25. The van der Waals surface area contributed by atoms with Crippen LogP contribution in [0.15, 0.2) is 28.8 Å². The highest BCUT2D eigenvalue weighted by atomic mass is 16.4. The van der Waals surface area contributed by atoms with Crippen LogP contribution in [0.25, 0.3) is 0 Å². The molecule has 2 aromatic heterocycles. The summed E-state index contributed by atoms with van der Waals surface area (Å²) in [6, 6.07) is 5.26. The van der Waals surface area contributed by atoms with Crippen LogP contribution in [0.5, 0.6) is 0 Å². The summed E-state index contributed by atoms with van der Waals surface area (Å²) < 4.78 is 5.72. The highest BCUT2D eigenvalue weighted by Crippen LogP contribution is 2.38. The van der Waals surface area contributed by atoms with Gasteiger partial charge in [-0.05, 0) is 24.5 Å². The van der Waals surface area contributed by atoms with Gasteiger partial charge in [-0.25, -0.2) is 4.98 Å². The summed E-state index contributed by atoms with van der Waals surface area (Å²) in [6.07, 6.45) is 2.73. The highest BCUT2D eigenvalue weighted by molar-refractivity contribution is 6.07. The maximum Gasteiger partial charge on any atom is 0.292 e. The minimum atomic E-state index is -0.379. The molecule has 0 fully saturated rings. The number of carbonyl (C=O) groups excluding carboxylic acids is 2. The van der Waals surface area contributed by atoms with Gasteiger partial charge in [-0.15, -0.1) is 0 Å². The number of furan rings is 1. The van der Waals surface area contributed by atoms with Crippen LogP contribution in [-0.4, -0.2) is 16.7 Å². The Morgan fingerprint density at radius 2 is 2.09 bits per heavy atom. The average Bonchev–Trinajstić information content (AvgIpc) is 2.75. The number of aromatic nitrogens is 1. The second kappa shape index (κ2) is 5.09. The number of ketones is 1. The first-order valence-corrected chi connectivity index (χ1v) is 7.25. The van der Waals surface area contributed by atoms with Crippen LogP contribution >= 0.6 is 0 Å². The van der Waals surface area contributed by atoms with Gasteiger partial charge in [0, 0.05) is 24.6 Å². The van der Waals surface area contributed by atoms with Gasteiger partial charge in [0.15, 0.2) is 11.5 Å². The predicted octanol–water partition coefficient (Wildman–Crippen LogP) is 3.39. The molecule has 1 aliphatic carbocycles. The monoisotopic (exact) mass is 298 g/mol. The van der Waals surface area contributed by atoms with Gasteiger partial charge < -0.3 is 9.73 Å². The van der Waals surface area contributed by atoms with E-state index in [0.717, 1.165) is 0 Å². The molecule has 2 heterocycles. The van der Waals surface area contributed by atoms with Gasteiger partial charge in [0.2, 0.25) is 0 Å². The number of nitrogens with one attached hydrogen (secondary N) is 1. The summed E-state index contributed by atoms with van der Waals surface area (Å²) in [7, 11) is 0. The van der Waals surface area contributed by atoms with E-state index >= 15 is 0 Å². The Bertz CT molecular complexity index is 745. The van der Waals surface area contributed by atoms with Gasteiger partial charge >= 0.3 is 0 Å². The number of rotatable bonds is 2. The molecule has 5 nitrogen and oxygen atoms in total. The number of hydrogen-bond donors (Lipinski definition) is 1. The van der Waals surface area contributed by atoms with Gasteiger partial charge in [0.1, 0.15) is 11.6 Å². The molecule has 0 aromatic carbocycles. The molecule has 1 aliphatic rings. The Labute approximate surface area is 128 Å². The first kappa shape index (κ1) is 14.5.